The highest BCUT2D eigenvalue weighted by atomic mass is 35.7. The molecular weight excluding hydrogens is 239 g/mol. The predicted octanol–water partition coefficient (Wildman–Crippen LogP) is 2.97. The van der Waals surface area contributed by atoms with Crippen molar-refractivity contribution in [3.05, 3.63) is 12.2 Å². The van der Waals surface area contributed by atoms with Crippen molar-refractivity contribution < 1.29 is 9.53 Å². The van der Waals surface area contributed by atoms with Gasteiger partial charge >= 0.3 is 5.97 Å². The van der Waals surface area contributed by atoms with Crippen LogP contribution < -0.4 is 0 Å². The van der Waals surface area contributed by atoms with E-state index in [-0.39, 0.29) is 5.97 Å². The van der Waals surface area contributed by atoms with E-state index in [2.05, 4.69) is 6.58 Å². The SMILES string of the molecule is C=C(C)C(=O)OCCC(CC)[SiH](Cl)Cl. The summed E-state index contributed by atoms with van der Waals surface area (Å²) in [5.74, 6) is -0.345. The van der Waals surface area contributed by atoms with Crippen LogP contribution in [0.3, 0.4) is 0 Å². The number of hydrogen-bond acceptors (Lipinski definition) is 2. The molecule has 0 saturated carbocycles. The summed E-state index contributed by atoms with van der Waals surface area (Å²) >= 11 is 11.7. The van der Waals surface area contributed by atoms with Crippen LogP contribution in [0, 0.1) is 0 Å². The molecule has 0 aliphatic rings. The number of hydrogen-bond donors (Lipinski definition) is 0. The number of rotatable bonds is 6. The number of esters is 1. The van der Waals surface area contributed by atoms with Gasteiger partial charge in [-0.3, -0.25) is 0 Å². The lowest BCUT2D eigenvalue weighted by Gasteiger charge is -2.13. The standard InChI is InChI=1S/C9H16Cl2O2Si/c1-4-8(14(10)11)5-6-13-9(12)7(2)3/h8,14H,2,4-6H2,1,3H3. The minimum Gasteiger partial charge on any atom is -0.462 e. The predicted molar refractivity (Wildman–Crippen MR) is 63.3 cm³/mol. The number of carbonyl (C=O) groups is 1. The van der Waals surface area contributed by atoms with Crippen molar-refractivity contribution in [3.8, 4) is 0 Å². The smallest absolute Gasteiger partial charge is 0.333 e. The van der Waals surface area contributed by atoms with Crippen LogP contribution in [-0.2, 0) is 9.53 Å². The van der Waals surface area contributed by atoms with Crippen LogP contribution in [-0.4, -0.2) is 20.0 Å². The van der Waals surface area contributed by atoms with Crippen LogP contribution in [0.2, 0.25) is 5.54 Å². The summed E-state index contributed by atoms with van der Waals surface area (Å²) in [5, 5.41) is 0. The molecule has 0 bridgehead atoms. The maximum Gasteiger partial charge on any atom is 0.333 e. The van der Waals surface area contributed by atoms with Gasteiger partial charge in [0, 0.05) is 5.57 Å². The van der Waals surface area contributed by atoms with Crippen molar-refractivity contribution in [1.29, 1.82) is 0 Å². The minimum absolute atomic E-state index is 0.316. The third-order valence-corrected chi connectivity index (χ3v) is 5.61. The average Bonchev–Trinajstić information content (AvgIpc) is 2.11. The first kappa shape index (κ1) is 14.0. The Balaban J connectivity index is 3.72. The van der Waals surface area contributed by atoms with Crippen LogP contribution in [0.25, 0.3) is 0 Å². The minimum atomic E-state index is -1.64. The summed E-state index contributed by atoms with van der Waals surface area (Å²) in [6.07, 6.45) is 1.69. The van der Waals surface area contributed by atoms with Crippen molar-refractivity contribution in [2.45, 2.75) is 32.2 Å². The van der Waals surface area contributed by atoms with Crippen molar-refractivity contribution in [2.24, 2.45) is 0 Å². The number of halogens is 2. The molecule has 0 radical (unpaired) electrons. The fourth-order valence-corrected chi connectivity index (χ4v) is 3.50. The third-order valence-electron chi connectivity index (χ3n) is 1.95. The maximum atomic E-state index is 11.0. The molecule has 82 valence electrons. The molecule has 0 heterocycles. The lowest BCUT2D eigenvalue weighted by molar-refractivity contribution is -0.139. The highest BCUT2D eigenvalue weighted by molar-refractivity contribution is 7.34. The topological polar surface area (TPSA) is 26.3 Å². The zero-order valence-electron chi connectivity index (χ0n) is 8.56. The van der Waals surface area contributed by atoms with E-state index in [4.69, 9.17) is 26.9 Å². The first-order chi connectivity index (χ1) is 6.49. The van der Waals surface area contributed by atoms with Gasteiger partial charge in [0.2, 0.25) is 7.42 Å². The van der Waals surface area contributed by atoms with Crippen LogP contribution in [0.5, 0.6) is 0 Å². The molecule has 14 heavy (non-hydrogen) atoms. The number of ether oxygens (including phenoxy) is 1. The molecule has 0 aliphatic carbocycles. The molecule has 1 atom stereocenters. The Kier molecular flexibility index (Phi) is 7.32. The van der Waals surface area contributed by atoms with E-state index in [1.807, 2.05) is 6.92 Å². The number of carbonyl (C=O) groups excluding carboxylic acids is 1. The Labute approximate surface area is 96.2 Å². The zero-order valence-corrected chi connectivity index (χ0v) is 11.2. The molecule has 0 amide bonds. The van der Waals surface area contributed by atoms with Crippen molar-refractivity contribution in [3.63, 3.8) is 0 Å². The van der Waals surface area contributed by atoms with Crippen LogP contribution in [0.15, 0.2) is 12.2 Å². The van der Waals surface area contributed by atoms with E-state index in [9.17, 15) is 4.79 Å². The van der Waals surface area contributed by atoms with Gasteiger partial charge < -0.3 is 4.74 Å². The molecule has 1 unspecified atom stereocenters. The molecule has 5 heteroatoms. The van der Waals surface area contributed by atoms with Crippen LogP contribution in [0.4, 0.5) is 0 Å². The second kappa shape index (κ2) is 7.32. The van der Waals surface area contributed by atoms with E-state index in [0.29, 0.717) is 17.7 Å². The second-order valence-corrected chi connectivity index (χ2v) is 8.31. The summed E-state index contributed by atoms with van der Waals surface area (Å²) in [6, 6.07) is 0. The molecule has 0 aromatic carbocycles. The van der Waals surface area contributed by atoms with Crippen LogP contribution in [0.1, 0.15) is 26.7 Å². The van der Waals surface area contributed by atoms with Gasteiger partial charge in [0.1, 0.15) is 0 Å². The Hall–Kier alpha value is 0.00688. The van der Waals surface area contributed by atoms with Crippen molar-refractivity contribution in [1.82, 2.24) is 0 Å². The summed E-state index contributed by atoms with van der Waals surface area (Å²) in [6.45, 7) is 7.54. The Bertz CT molecular complexity index is 207. The van der Waals surface area contributed by atoms with E-state index in [0.717, 1.165) is 12.8 Å². The van der Waals surface area contributed by atoms with Gasteiger partial charge in [0.25, 0.3) is 0 Å². The fraction of sp³-hybridized carbons (Fsp3) is 0.667. The molecule has 2 nitrogen and oxygen atoms in total. The van der Waals surface area contributed by atoms with Gasteiger partial charge in [-0.05, 0) is 18.9 Å². The quantitative estimate of drug-likeness (QED) is 0.315. The lowest BCUT2D eigenvalue weighted by Crippen LogP contribution is -2.12. The van der Waals surface area contributed by atoms with E-state index in [1.165, 1.54) is 0 Å². The summed E-state index contributed by atoms with van der Waals surface area (Å²) in [5.41, 5.74) is 0.736. The van der Waals surface area contributed by atoms with Crippen molar-refractivity contribution >= 4 is 35.5 Å². The normalized spacial score (nSPS) is 12.6. The molecule has 0 saturated heterocycles. The maximum absolute atomic E-state index is 11.0. The molecule has 0 aromatic heterocycles. The molecule has 0 spiro atoms. The molecule has 0 aliphatic heterocycles. The average molecular weight is 255 g/mol. The van der Waals surface area contributed by atoms with Gasteiger partial charge in [0.15, 0.2) is 0 Å². The Morgan fingerprint density at radius 2 is 2.14 bits per heavy atom. The lowest BCUT2D eigenvalue weighted by atomic mass is 10.2. The first-order valence-electron chi connectivity index (χ1n) is 4.59. The molecule has 0 fully saturated rings. The zero-order chi connectivity index (χ0) is 11.1. The molecule has 0 aromatic rings. The highest BCUT2D eigenvalue weighted by Crippen LogP contribution is 2.24. The summed E-state index contributed by atoms with van der Waals surface area (Å²) in [7, 11) is -1.64. The highest BCUT2D eigenvalue weighted by Gasteiger charge is 2.17. The monoisotopic (exact) mass is 254 g/mol. The molecule has 0 N–H and O–H groups in total. The Morgan fingerprint density at radius 3 is 2.50 bits per heavy atom. The van der Waals surface area contributed by atoms with Crippen molar-refractivity contribution in [2.75, 3.05) is 6.61 Å². The van der Waals surface area contributed by atoms with E-state index >= 15 is 0 Å². The van der Waals surface area contributed by atoms with Gasteiger partial charge in [-0.25, -0.2) is 4.79 Å². The van der Waals surface area contributed by atoms with Gasteiger partial charge in [-0.15, -0.1) is 0 Å². The van der Waals surface area contributed by atoms with E-state index in [1.54, 1.807) is 6.92 Å². The van der Waals surface area contributed by atoms with Crippen LogP contribution >= 0.6 is 22.2 Å². The second-order valence-electron chi connectivity index (χ2n) is 3.21. The first-order valence-corrected chi connectivity index (χ1v) is 8.75. The summed E-state index contributed by atoms with van der Waals surface area (Å²) < 4.78 is 4.95. The van der Waals surface area contributed by atoms with Gasteiger partial charge in [-0.2, -0.15) is 22.2 Å². The Morgan fingerprint density at radius 1 is 1.57 bits per heavy atom. The third kappa shape index (κ3) is 5.68. The summed E-state index contributed by atoms with van der Waals surface area (Å²) in [4.78, 5) is 11.0. The van der Waals surface area contributed by atoms with Gasteiger partial charge in [0.05, 0.1) is 6.61 Å². The largest absolute Gasteiger partial charge is 0.462 e. The molecule has 0 rings (SSSR count). The van der Waals surface area contributed by atoms with E-state index < -0.39 is 7.42 Å². The van der Waals surface area contributed by atoms with Gasteiger partial charge in [-0.1, -0.05) is 19.9 Å². The fourth-order valence-electron chi connectivity index (χ4n) is 0.934. The molecular formula is C9H16Cl2O2Si.